The lowest BCUT2D eigenvalue weighted by molar-refractivity contribution is -0.132. The number of benzene rings is 2. The molecular weight excluding hydrogens is 438 g/mol. The first kappa shape index (κ1) is 22.4. The number of nitrogens with one attached hydrogen (secondary N) is 1. The van der Waals surface area contributed by atoms with Crippen LogP contribution in [0.1, 0.15) is 10.4 Å². The molecule has 0 radical (unpaired) electrons. The SMILES string of the molecule is C=CCN(CC(=O)N(Cc1ccc2c(c1)OCO2)Cc1cccs1)C(=O)Nc1ccccc1. The van der Waals surface area contributed by atoms with Gasteiger partial charge in [0, 0.05) is 23.7 Å². The molecule has 2 heterocycles. The van der Waals surface area contributed by atoms with E-state index in [0.29, 0.717) is 30.3 Å². The van der Waals surface area contributed by atoms with Crippen molar-refractivity contribution < 1.29 is 19.1 Å². The molecule has 0 atom stereocenters. The fourth-order valence-corrected chi connectivity index (χ4v) is 4.16. The Hall–Kier alpha value is -3.78. The first-order chi connectivity index (χ1) is 16.1. The summed E-state index contributed by atoms with van der Waals surface area (Å²) in [4.78, 5) is 30.5. The number of anilines is 1. The predicted molar refractivity (Wildman–Crippen MR) is 128 cm³/mol. The van der Waals surface area contributed by atoms with Gasteiger partial charge in [0.1, 0.15) is 6.54 Å². The van der Waals surface area contributed by atoms with Crippen molar-refractivity contribution in [3.63, 3.8) is 0 Å². The fraction of sp³-hybridized carbons (Fsp3) is 0.200. The van der Waals surface area contributed by atoms with Crippen molar-refractivity contribution in [3.05, 3.63) is 89.1 Å². The van der Waals surface area contributed by atoms with Gasteiger partial charge in [-0.15, -0.1) is 17.9 Å². The number of amides is 3. The van der Waals surface area contributed by atoms with Gasteiger partial charge < -0.3 is 24.6 Å². The predicted octanol–water partition coefficient (Wildman–Crippen LogP) is 4.73. The Kier molecular flexibility index (Phi) is 7.26. The highest BCUT2D eigenvalue weighted by molar-refractivity contribution is 7.09. The second kappa shape index (κ2) is 10.7. The van der Waals surface area contributed by atoms with Gasteiger partial charge in [-0.1, -0.05) is 36.4 Å². The second-order valence-corrected chi connectivity index (χ2v) is 8.51. The standard InChI is InChI=1S/C25H25N3O4S/c1-2-12-27(25(30)26-20-7-4-3-5-8-20)17-24(29)28(16-21-9-6-13-33-21)15-19-10-11-22-23(14-19)32-18-31-22/h2-11,13-14H,1,12,15-18H2,(H,26,30). The lowest BCUT2D eigenvalue weighted by Gasteiger charge is -2.27. The third-order valence-corrected chi connectivity index (χ3v) is 5.94. The van der Waals surface area contributed by atoms with Gasteiger partial charge in [0.05, 0.1) is 6.54 Å². The van der Waals surface area contributed by atoms with Crippen LogP contribution in [-0.2, 0) is 17.9 Å². The molecule has 0 unspecified atom stereocenters. The molecule has 1 aliphatic heterocycles. The number of thiophene rings is 1. The van der Waals surface area contributed by atoms with Crippen LogP contribution >= 0.6 is 11.3 Å². The molecule has 0 saturated carbocycles. The molecule has 0 fully saturated rings. The van der Waals surface area contributed by atoms with Crippen molar-refractivity contribution in [2.45, 2.75) is 13.1 Å². The highest BCUT2D eigenvalue weighted by Crippen LogP contribution is 2.33. The first-order valence-corrected chi connectivity index (χ1v) is 11.4. The molecule has 8 heteroatoms. The number of fused-ring (bicyclic) bond motifs is 1. The zero-order chi connectivity index (χ0) is 23.0. The van der Waals surface area contributed by atoms with Crippen LogP contribution in [0.15, 0.2) is 78.7 Å². The van der Waals surface area contributed by atoms with Crippen LogP contribution in [0.4, 0.5) is 10.5 Å². The molecular formula is C25H25N3O4S. The van der Waals surface area contributed by atoms with E-state index >= 15 is 0 Å². The lowest BCUT2D eigenvalue weighted by atomic mass is 10.2. The molecule has 33 heavy (non-hydrogen) atoms. The van der Waals surface area contributed by atoms with Crippen molar-refractivity contribution in [1.29, 1.82) is 0 Å². The van der Waals surface area contributed by atoms with Crippen LogP contribution in [0.3, 0.4) is 0 Å². The number of hydrogen-bond acceptors (Lipinski definition) is 5. The van der Waals surface area contributed by atoms with Gasteiger partial charge in [-0.3, -0.25) is 4.79 Å². The van der Waals surface area contributed by atoms with E-state index in [2.05, 4.69) is 11.9 Å². The number of carbonyl (C=O) groups is 2. The van der Waals surface area contributed by atoms with Gasteiger partial charge in [0.2, 0.25) is 12.7 Å². The van der Waals surface area contributed by atoms with E-state index in [1.54, 1.807) is 34.4 Å². The number of para-hydroxylation sites is 1. The second-order valence-electron chi connectivity index (χ2n) is 7.48. The summed E-state index contributed by atoms with van der Waals surface area (Å²) in [6.45, 7) is 4.95. The van der Waals surface area contributed by atoms with E-state index < -0.39 is 0 Å². The summed E-state index contributed by atoms with van der Waals surface area (Å²) < 4.78 is 10.9. The number of ether oxygens (including phenoxy) is 2. The molecule has 1 aromatic heterocycles. The third-order valence-electron chi connectivity index (χ3n) is 5.08. The first-order valence-electron chi connectivity index (χ1n) is 10.5. The summed E-state index contributed by atoms with van der Waals surface area (Å²) in [7, 11) is 0. The van der Waals surface area contributed by atoms with Gasteiger partial charge in [-0.05, 0) is 41.3 Å². The monoisotopic (exact) mass is 463 g/mol. The molecule has 4 rings (SSSR count). The number of rotatable bonds is 9. The Labute approximate surface area is 196 Å². The van der Waals surface area contributed by atoms with Crippen LogP contribution in [-0.4, -0.2) is 41.6 Å². The highest BCUT2D eigenvalue weighted by atomic mass is 32.1. The number of carbonyl (C=O) groups excluding carboxylic acids is 2. The number of hydrogen-bond donors (Lipinski definition) is 1. The Morgan fingerprint density at radius 1 is 1.00 bits per heavy atom. The minimum absolute atomic E-state index is 0.0688. The number of urea groups is 1. The summed E-state index contributed by atoms with van der Waals surface area (Å²) in [6, 6.07) is 18.4. The van der Waals surface area contributed by atoms with E-state index in [1.807, 2.05) is 53.9 Å². The zero-order valence-corrected chi connectivity index (χ0v) is 18.9. The minimum Gasteiger partial charge on any atom is -0.454 e. The maximum absolute atomic E-state index is 13.4. The van der Waals surface area contributed by atoms with Crippen molar-refractivity contribution >= 4 is 29.0 Å². The fourth-order valence-electron chi connectivity index (χ4n) is 3.44. The van der Waals surface area contributed by atoms with Gasteiger partial charge in [-0.2, -0.15) is 0 Å². The molecule has 3 aromatic rings. The minimum atomic E-state index is -0.353. The molecule has 0 saturated heterocycles. The Morgan fingerprint density at radius 3 is 2.58 bits per heavy atom. The molecule has 0 spiro atoms. The normalized spacial score (nSPS) is 11.6. The largest absolute Gasteiger partial charge is 0.454 e. The summed E-state index contributed by atoms with van der Waals surface area (Å²) in [5.74, 6) is 1.21. The van der Waals surface area contributed by atoms with E-state index in [-0.39, 0.29) is 31.8 Å². The highest BCUT2D eigenvalue weighted by Gasteiger charge is 2.22. The van der Waals surface area contributed by atoms with Crippen LogP contribution in [0.25, 0.3) is 0 Å². The maximum atomic E-state index is 13.4. The average Bonchev–Trinajstić information content (AvgIpc) is 3.50. The number of nitrogens with zero attached hydrogens (tertiary/aromatic N) is 2. The van der Waals surface area contributed by atoms with Gasteiger partial charge >= 0.3 is 6.03 Å². The Balaban J connectivity index is 1.49. The van der Waals surface area contributed by atoms with E-state index in [1.165, 1.54) is 4.90 Å². The Morgan fingerprint density at radius 2 is 1.82 bits per heavy atom. The summed E-state index contributed by atoms with van der Waals surface area (Å²) in [5, 5.41) is 4.82. The van der Waals surface area contributed by atoms with Crippen molar-refractivity contribution in [2.24, 2.45) is 0 Å². The van der Waals surface area contributed by atoms with Crippen LogP contribution in [0.5, 0.6) is 11.5 Å². The van der Waals surface area contributed by atoms with Gasteiger partial charge in [0.15, 0.2) is 11.5 Å². The van der Waals surface area contributed by atoms with Crippen molar-refractivity contribution in [2.75, 3.05) is 25.2 Å². The van der Waals surface area contributed by atoms with Gasteiger partial charge in [0.25, 0.3) is 0 Å². The molecule has 1 aliphatic rings. The summed E-state index contributed by atoms with van der Waals surface area (Å²) in [6.07, 6.45) is 1.61. The molecule has 0 aliphatic carbocycles. The zero-order valence-electron chi connectivity index (χ0n) is 18.1. The molecule has 1 N–H and O–H groups in total. The van der Waals surface area contributed by atoms with Crippen molar-refractivity contribution in [3.8, 4) is 11.5 Å². The third kappa shape index (κ3) is 5.93. The average molecular weight is 464 g/mol. The quantitative estimate of drug-likeness (QED) is 0.466. The molecule has 0 bridgehead atoms. The van der Waals surface area contributed by atoms with Crippen LogP contribution in [0.2, 0.25) is 0 Å². The molecule has 2 aromatic carbocycles. The van der Waals surface area contributed by atoms with E-state index in [4.69, 9.17) is 9.47 Å². The summed E-state index contributed by atoms with van der Waals surface area (Å²) >= 11 is 1.59. The topological polar surface area (TPSA) is 71.1 Å². The van der Waals surface area contributed by atoms with Crippen LogP contribution in [0, 0.1) is 0 Å². The summed E-state index contributed by atoms with van der Waals surface area (Å²) in [5.41, 5.74) is 1.59. The molecule has 3 amide bonds. The lowest BCUT2D eigenvalue weighted by Crippen LogP contribution is -2.44. The van der Waals surface area contributed by atoms with E-state index in [9.17, 15) is 9.59 Å². The smallest absolute Gasteiger partial charge is 0.322 e. The van der Waals surface area contributed by atoms with Crippen LogP contribution < -0.4 is 14.8 Å². The van der Waals surface area contributed by atoms with E-state index in [0.717, 1.165) is 10.4 Å². The Bertz CT molecular complexity index is 1100. The molecule has 7 nitrogen and oxygen atoms in total. The van der Waals surface area contributed by atoms with Gasteiger partial charge in [-0.25, -0.2) is 4.79 Å². The van der Waals surface area contributed by atoms with Crippen molar-refractivity contribution in [1.82, 2.24) is 9.80 Å². The maximum Gasteiger partial charge on any atom is 0.322 e. The molecule has 170 valence electrons.